The van der Waals surface area contributed by atoms with Gasteiger partial charge in [-0.2, -0.15) is 0 Å². The van der Waals surface area contributed by atoms with Gasteiger partial charge >= 0.3 is 0 Å². The van der Waals surface area contributed by atoms with Crippen LogP contribution in [0.15, 0.2) is 48.5 Å². The zero-order valence-electron chi connectivity index (χ0n) is 9.60. The number of fused-ring (bicyclic) bond motifs is 1. The Hall–Kier alpha value is -1.80. The van der Waals surface area contributed by atoms with Gasteiger partial charge in [0.25, 0.3) is 0 Å². The fourth-order valence-electron chi connectivity index (χ4n) is 2.15. The van der Waals surface area contributed by atoms with Crippen LogP contribution in [0, 0.1) is 0 Å². The first kappa shape index (κ1) is 11.3. The molecule has 0 amide bonds. The van der Waals surface area contributed by atoms with E-state index in [1.54, 1.807) is 18.2 Å². The largest absolute Gasteiger partial charge is 0.484 e. The van der Waals surface area contributed by atoms with Crippen LogP contribution in [0.4, 0.5) is 0 Å². The Morgan fingerprint density at radius 2 is 1.89 bits per heavy atom. The molecule has 1 aliphatic heterocycles. The van der Waals surface area contributed by atoms with Crippen molar-refractivity contribution in [1.82, 2.24) is 0 Å². The Kier molecular flexibility index (Phi) is 2.80. The smallest absolute Gasteiger partial charge is 0.170 e. The van der Waals surface area contributed by atoms with Gasteiger partial charge in [0.2, 0.25) is 0 Å². The molecule has 0 saturated heterocycles. The highest BCUT2D eigenvalue weighted by Gasteiger charge is 2.27. The third-order valence-corrected chi connectivity index (χ3v) is 3.29. The van der Waals surface area contributed by atoms with Crippen LogP contribution in [-0.2, 0) is 0 Å². The van der Waals surface area contributed by atoms with E-state index < -0.39 is 0 Å². The number of benzene rings is 2. The highest BCUT2D eigenvalue weighted by molar-refractivity contribution is 6.31. The predicted molar refractivity (Wildman–Crippen MR) is 70.2 cm³/mol. The van der Waals surface area contributed by atoms with Crippen molar-refractivity contribution >= 4 is 17.4 Å². The summed E-state index contributed by atoms with van der Waals surface area (Å²) >= 11 is 5.89. The predicted octanol–water partition coefficient (Wildman–Crippen LogP) is 4.05. The van der Waals surface area contributed by atoms with Gasteiger partial charge in [-0.1, -0.05) is 41.9 Å². The molecule has 0 spiro atoms. The molecule has 2 aromatic carbocycles. The molecule has 18 heavy (non-hydrogen) atoms. The maximum Gasteiger partial charge on any atom is 0.170 e. The van der Waals surface area contributed by atoms with E-state index in [1.165, 1.54) is 0 Å². The molecule has 2 aromatic rings. The Morgan fingerprint density at radius 1 is 1.11 bits per heavy atom. The van der Waals surface area contributed by atoms with Gasteiger partial charge in [-0.3, -0.25) is 4.79 Å². The zero-order chi connectivity index (χ0) is 12.5. The molecule has 0 aromatic heterocycles. The summed E-state index contributed by atoms with van der Waals surface area (Å²) in [7, 11) is 0. The number of carbonyl (C=O) groups is 1. The molecule has 1 atom stereocenters. The number of carbonyl (C=O) groups excluding carboxylic acids is 1. The molecular formula is C15H11ClO2. The van der Waals surface area contributed by atoms with Gasteiger partial charge in [0.05, 0.1) is 12.0 Å². The molecule has 2 nitrogen and oxygen atoms in total. The van der Waals surface area contributed by atoms with Crippen molar-refractivity contribution in [2.24, 2.45) is 0 Å². The second-order valence-corrected chi connectivity index (χ2v) is 4.72. The van der Waals surface area contributed by atoms with E-state index in [4.69, 9.17) is 16.3 Å². The van der Waals surface area contributed by atoms with Crippen molar-refractivity contribution in [1.29, 1.82) is 0 Å². The maximum atomic E-state index is 12.1. The molecule has 90 valence electrons. The molecule has 3 rings (SSSR count). The van der Waals surface area contributed by atoms with E-state index in [0.29, 0.717) is 22.8 Å². The highest BCUT2D eigenvalue weighted by Crippen LogP contribution is 2.35. The summed E-state index contributed by atoms with van der Waals surface area (Å²) in [5.74, 6) is 0.692. The summed E-state index contributed by atoms with van der Waals surface area (Å²) in [5, 5.41) is 0.559. The second-order valence-electron chi connectivity index (χ2n) is 4.28. The number of hydrogen-bond acceptors (Lipinski definition) is 2. The van der Waals surface area contributed by atoms with E-state index in [-0.39, 0.29) is 11.9 Å². The Morgan fingerprint density at radius 3 is 2.67 bits per heavy atom. The lowest BCUT2D eigenvalue weighted by molar-refractivity contribution is 0.0850. The lowest BCUT2D eigenvalue weighted by Gasteiger charge is -2.25. The van der Waals surface area contributed by atoms with E-state index >= 15 is 0 Å². The van der Waals surface area contributed by atoms with Crippen molar-refractivity contribution in [3.05, 3.63) is 64.7 Å². The third-order valence-electron chi connectivity index (χ3n) is 3.05. The minimum Gasteiger partial charge on any atom is -0.484 e. The molecule has 0 saturated carbocycles. The molecule has 1 aliphatic rings. The second kappa shape index (κ2) is 4.46. The van der Waals surface area contributed by atoms with Gasteiger partial charge < -0.3 is 4.74 Å². The highest BCUT2D eigenvalue weighted by atomic mass is 35.5. The van der Waals surface area contributed by atoms with Crippen molar-refractivity contribution in [2.45, 2.75) is 12.5 Å². The van der Waals surface area contributed by atoms with Crippen molar-refractivity contribution < 1.29 is 9.53 Å². The van der Waals surface area contributed by atoms with Crippen LogP contribution >= 0.6 is 11.6 Å². The van der Waals surface area contributed by atoms with E-state index in [9.17, 15) is 4.79 Å². The first-order chi connectivity index (χ1) is 8.74. The van der Waals surface area contributed by atoms with Gasteiger partial charge in [-0.25, -0.2) is 0 Å². The number of Topliss-reactive ketones (excluding diaryl/α,β-unsaturated/α-hetero) is 1. The molecule has 0 N–H and O–H groups in total. The molecule has 0 bridgehead atoms. The third kappa shape index (κ3) is 2.00. The monoisotopic (exact) mass is 258 g/mol. The van der Waals surface area contributed by atoms with Crippen LogP contribution in [0.5, 0.6) is 5.75 Å². The standard InChI is InChI=1S/C15H11ClO2/c16-11-6-7-14-12(8-11)13(17)9-15(18-14)10-4-2-1-3-5-10/h1-8,15H,9H2/t15-/m0/s1. The zero-order valence-corrected chi connectivity index (χ0v) is 10.4. The quantitative estimate of drug-likeness (QED) is 0.771. The number of ketones is 1. The maximum absolute atomic E-state index is 12.1. The van der Waals surface area contributed by atoms with E-state index in [0.717, 1.165) is 5.56 Å². The summed E-state index contributed by atoms with van der Waals surface area (Å²) in [6.07, 6.45) is 0.157. The summed E-state index contributed by atoms with van der Waals surface area (Å²) in [4.78, 5) is 12.1. The molecule has 3 heteroatoms. The fourth-order valence-corrected chi connectivity index (χ4v) is 2.32. The summed E-state index contributed by atoms with van der Waals surface area (Å²) < 4.78 is 5.86. The number of ether oxygens (including phenoxy) is 1. The van der Waals surface area contributed by atoms with Gasteiger partial charge in [-0.05, 0) is 23.8 Å². The molecule has 0 fully saturated rings. The van der Waals surface area contributed by atoms with Crippen molar-refractivity contribution in [2.75, 3.05) is 0 Å². The van der Waals surface area contributed by atoms with E-state index in [1.807, 2.05) is 30.3 Å². The first-order valence-electron chi connectivity index (χ1n) is 5.78. The van der Waals surface area contributed by atoms with Gasteiger partial charge in [0.15, 0.2) is 5.78 Å². The Balaban J connectivity index is 1.97. The van der Waals surface area contributed by atoms with Gasteiger partial charge in [-0.15, -0.1) is 0 Å². The molecule has 0 radical (unpaired) electrons. The molecular weight excluding hydrogens is 248 g/mol. The lowest BCUT2D eigenvalue weighted by Crippen LogP contribution is -2.20. The van der Waals surface area contributed by atoms with Crippen LogP contribution < -0.4 is 4.74 Å². The van der Waals surface area contributed by atoms with Gasteiger partial charge in [0, 0.05) is 5.02 Å². The average Bonchev–Trinajstić information content (AvgIpc) is 2.40. The average molecular weight is 259 g/mol. The van der Waals surface area contributed by atoms with Crippen LogP contribution in [-0.4, -0.2) is 5.78 Å². The Labute approximate surface area is 110 Å². The number of halogens is 1. The normalized spacial score (nSPS) is 18.1. The lowest BCUT2D eigenvalue weighted by atomic mass is 9.96. The summed E-state index contributed by atoms with van der Waals surface area (Å²) in [6.45, 7) is 0. The molecule has 0 unspecified atom stereocenters. The van der Waals surface area contributed by atoms with Crippen LogP contribution in [0.1, 0.15) is 28.4 Å². The van der Waals surface area contributed by atoms with Crippen LogP contribution in [0.25, 0.3) is 0 Å². The van der Waals surface area contributed by atoms with Crippen LogP contribution in [0.3, 0.4) is 0 Å². The topological polar surface area (TPSA) is 26.3 Å². The summed E-state index contributed by atoms with van der Waals surface area (Å²) in [5.41, 5.74) is 1.60. The Bertz CT molecular complexity index is 593. The van der Waals surface area contributed by atoms with Crippen molar-refractivity contribution in [3.63, 3.8) is 0 Å². The van der Waals surface area contributed by atoms with Gasteiger partial charge in [0.1, 0.15) is 11.9 Å². The van der Waals surface area contributed by atoms with Crippen LogP contribution in [0.2, 0.25) is 5.02 Å². The van der Waals surface area contributed by atoms with Crippen molar-refractivity contribution in [3.8, 4) is 5.75 Å². The molecule has 1 heterocycles. The first-order valence-corrected chi connectivity index (χ1v) is 6.16. The fraction of sp³-hybridized carbons (Fsp3) is 0.133. The molecule has 0 aliphatic carbocycles. The minimum atomic E-state index is -0.202. The minimum absolute atomic E-state index is 0.0765. The van der Waals surface area contributed by atoms with E-state index in [2.05, 4.69) is 0 Å². The summed E-state index contributed by atoms with van der Waals surface area (Å²) in [6, 6.07) is 14.9. The number of hydrogen-bond donors (Lipinski definition) is 0. The number of rotatable bonds is 1. The SMILES string of the molecule is O=C1C[C@@H](c2ccccc2)Oc2ccc(Cl)cc21.